The summed E-state index contributed by atoms with van der Waals surface area (Å²) in [6.45, 7) is 2.57. The van der Waals surface area contributed by atoms with Crippen LogP contribution >= 0.6 is 11.6 Å². The Morgan fingerprint density at radius 3 is 2.43 bits per heavy atom. The molecule has 1 aromatic rings. The number of halogens is 1. The molecule has 0 spiro atoms. The van der Waals surface area contributed by atoms with Crippen molar-refractivity contribution in [2.45, 2.75) is 6.92 Å². The third kappa shape index (κ3) is 2.74. The second-order valence-corrected chi connectivity index (χ2v) is 3.66. The van der Waals surface area contributed by atoms with E-state index in [1.165, 1.54) is 0 Å². The number of nitrogens with zero attached hydrogens (tertiary/aromatic N) is 1. The molecule has 0 aliphatic heterocycles. The van der Waals surface area contributed by atoms with Crippen LogP contribution in [0.1, 0.15) is 15.9 Å². The van der Waals surface area contributed by atoms with Gasteiger partial charge in [0.25, 0.3) is 5.91 Å². The highest BCUT2D eigenvalue weighted by Gasteiger charge is 2.09. The van der Waals surface area contributed by atoms with E-state index in [1.54, 1.807) is 11.9 Å². The van der Waals surface area contributed by atoms with Gasteiger partial charge in [0.2, 0.25) is 0 Å². The predicted octanol–water partition coefficient (Wildman–Crippen LogP) is 2.31. The van der Waals surface area contributed by atoms with Gasteiger partial charge in [-0.2, -0.15) is 0 Å². The van der Waals surface area contributed by atoms with Crippen molar-refractivity contribution in [3.63, 3.8) is 0 Å². The molecule has 14 heavy (non-hydrogen) atoms. The molecule has 0 bridgehead atoms. The van der Waals surface area contributed by atoms with Crippen molar-refractivity contribution in [1.29, 1.82) is 0 Å². The van der Waals surface area contributed by atoms with Crippen LogP contribution < -0.4 is 0 Å². The van der Waals surface area contributed by atoms with Crippen molar-refractivity contribution in [2.24, 2.45) is 0 Å². The summed E-state index contributed by atoms with van der Waals surface area (Å²) >= 11 is 5.56. The highest BCUT2D eigenvalue weighted by Crippen LogP contribution is 2.05. The molecule has 0 unspecified atom stereocenters. The van der Waals surface area contributed by atoms with E-state index in [1.807, 2.05) is 31.2 Å². The molecular formula is C11H14ClNO. The molecule has 0 saturated heterocycles. The second-order valence-electron chi connectivity index (χ2n) is 3.28. The predicted molar refractivity (Wildman–Crippen MR) is 58.9 cm³/mol. The topological polar surface area (TPSA) is 20.3 Å². The third-order valence-corrected chi connectivity index (χ3v) is 2.23. The number of benzene rings is 1. The van der Waals surface area contributed by atoms with Crippen molar-refractivity contribution in [3.05, 3.63) is 35.4 Å². The van der Waals surface area contributed by atoms with Crippen LogP contribution in [0.15, 0.2) is 24.3 Å². The molecule has 1 aromatic carbocycles. The van der Waals surface area contributed by atoms with Gasteiger partial charge in [0.05, 0.1) is 0 Å². The first-order valence-electron chi connectivity index (χ1n) is 4.53. The summed E-state index contributed by atoms with van der Waals surface area (Å²) in [5.41, 5.74) is 1.87. The number of rotatable bonds is 3. The number of amides is 1. The minimum absolute atomic E-state index is 0.0191. The lowest BCUT2D eigenvalue weighted by atomic mass is 10.1. The van der Waals surface area contributed by atoms with E-state index in [0.29, 0.717) is 18.0 Å². The first-order valence-corrected chi connectivity index (χ1v) is 5.06. The summed E-state index contributed by atoms with van der Waals surface area (Å²) in [6, 6.07) is 7.54. The van der Waals surface area contributed by atoms with Crippen molar-refractivity contribution >= 4 is 17.5 Å². The van der Waals surface area contributed by atoms with Crippen molar-refractivity contribution in [1.82, 2.24) is 4.90 Å². The molecule has 1 rings (SSSR count). The quantitative estimate of drug-likeness (QED) is 0.703. The summed E-state index contributed by atoms with van der Waals surface area (Å²) in [6.07, 6.45) is 0. The first kappa shape index (κ1) is 11.1. The third-order valence-electron chi connectivity index (χ3n) is 2.07. The zero-order valence-corrected chi connectivity index (χ0v) is 9.21. The summed E-state index contributed by atoms with van der Waals surface area (Å²) < 4.78 is 0. The maximum absolute atomic E-state index is 11.7. The van der Waals surface area contributed by atoms with Crippen LogP contribution in [-0.2, 0) is 0 Å². The number of carbonyl (C=O) groups is 1. The molecule has 0 fully saturated rings. The zero-order chi connectivity index (χ0) is 10.6. The molecule has 0 saturated carbocycles. The monoisotopic (exact) mass is 211 g/mol. The fourth-order valence-corrected chi connectivity index (χ4v) is 1.40. The number of aryl methyl sites for hydroxylation is 1. The molecule has 0 aliphatic rings. The van der Waals surface area contributed by atoms with Crippen LogP contribution in [-0.4, -0.2) is 30.3 Å². The van der Waals surface area contributed by atoms with Gasteiger partial charge >= 0.3 is 0 Å². The molecule has 0 N–H and O–H groups in total. The molecule has 76 valence electrons. The van der Waals surface area contributed by atoms with Crippen molar-refractivity contribution in [2.75, 3.05) is 19.5 Å². The maximum Gasteiger partial charge on any atom is 0.253 e. The molecule has 0 radical (unpaired) electrons. The first-order chi connectivity index (χ1) is 6.65. The highest BCUT2D eigenvalue weighted by molar-refractivity contribution is 6.18. The standard InChI is InChI=1S/C11H14ClNO/c1-9-3-5-10(6-4-9)11(14)13(2)8-7-12/h3-6H,7-8H2,1-2H3. The Balaban J connectivity index is 2.74. The minimum Gasteiger partial charge on any atom is -0.341 e. The minimum atomic E-state index is 0.0191. The molecule has 3 heteroatoms. The fourth-order valence-electron chi connectivity index (χ4n) is 1.14. The van der Waals surface area contributed by atoms with Gasteiger partial charge in [0.1, 0.15) is 0 Å². The summed E-state index contributed by atoms with van der Waals surface area (Å²) in [5, 5.41) is 0. The highest BCUT2D eigenvalue weighted by atomic mass is 35.5. The van der Waals surface area contributed by atoms with Gasteiger partial charge in [-0.25, -0.2) is 0 Å². The molecule has 0 aliphatic carbocycles. The Morgan fingerprint density at radius 1 is 1.36 bits per heavy atom. The van der Waals surface area contributed by atoms with Gasteiger partial charge in [-0.1, -0.05) is 17.7 Å². The van der Waals surface area contributed by atoms with Crippen molar-refractivity contribution in [3.8, 4) is 0 Å². The van der Waals surface area contributed by atoms with Gasteiger partial charge < -0.3 is 4.90 Å². The van der Waals surface area contributed by atoms with Crippen LogP contribution in [0.3, 0.4) is 0 Å². The average molecular weight is 212 g/mol. The van der Waals surface area contributed by atoms with E-state index in [0.717, 1.165) is 5.56 Å². The Morgan fingerprint density at radius 2 is 1.93 bits per heavy atom. The Labute approximate surface area is 89.5 Å². The Bertz CT molecular complexity index is 308. The van der Waals surface area contributed by atoms with E-state index < -0.39 is 0 Å². The van der Waals surface area contributed by atoms with E-state index >= 15 is 0 Å². The summed E-state index contributed by atoms with van der Waals surface area (Å²) in [4.78, 5) is 13.3. The average Bonchev–Trinajstić information content (AvgIpc) is 2.18. The van der Waals surface area contributed by atoms with Gasteiger partial charge in [-0.15, -0.1) is 11.6 Å². The normalized spacial score (nSPS) is 9.93. The maximum atomic E-state index is 11.7. The lowest BCUT2D eigenvalue weighted by Gasteiger charge is -2.15. The second kappa shape index (κ2) is 5.01. The van der Waals surface area contributed by atoms with Crippen LogP contribution in [0.25, 0.3) is 0 Å². The van der Waals surface area contributed by atoms with Crippen LogP contribution in [0, 0.1) is 6.92 Å². The Kier molecular flexibility index (Phi) is 3.96. The van der Waals surface area contributed by atoms with Gasteiger partial charge in [-0.3, -0.25) is 4.79 Å². The summed E-state index contributed by atoms with van der Waals surface area (Å²) in [5.74, 6) is 0.485. The number of alkyl halides is 1. The van der Waals surface area contributed by atoms with E-state index in [9.17, 15) is 4.79 Å². The van der Waals surface area contributed by atoms with Crippen molar-refractivity contribution < 1.29 is 4.79 Å². The lowest BCUT2D eigenvalue weighted by molar-refractivity contribution is 0.0803. The van der Waals surface area contributed by atoms with Crippen LogP contribution in [0.4, 0.5) is 0 Å². The van der Waals surface area contributed by atoms with Gasteiger partial charge in [0.15, 0.2) is 0 Å². The molecular weight excluding hydrogens is 198 g/mol. The van der Waals surface area contributed by atoms with Gasteiger partial charge in [0, 0.05) is 25.0 Å². The van der Waals surface area contributed by atoms with Crippen LogP contribution in [0.5, 0.6) is 0 Å². The number of hydrogen-bond acceptors (Lipinski definition) is 1. The summed E-state index contributed by atoms with van der Waals surface area (Å²) in [7, 11) is 1.75. The van der Waals surface area contributed by atoms with E-state index in [-0.39, 0.29) is 5.91 Å². The molecule has 0 atom stereocenters. The smallest absolute Gasteiger partial charge is 0.253 e. The van der Waals surface area contributed by atoms with E-state index in [4.69, 9.17) is 11.6 Å². The molecule has 2 nitrogen and oxygen atoms in total. The zero-order valence-electron chi connectivity index (χ0n) is 8.46. The van der Waals surface area contributed by atoms with Gasteiger partial charge in [-0.05, 0) is 19.1 Å². The number of hydrogen-bond donors (Lipinski definition) is 0. The fraction of sp³-hybridized carbons (Fsp3) is 0.364. The Hall–Kier alpha value is -1.02. The van der Waals surface area contributed by atoms with Crippen LogP contribution in [0.2, 0.25) is 0 Å². The van der Waals surface area contributed by atoms with E-state index in [2.05, 4.69) is 0 Å². The lowest BCUT2D eigenvalue weighted by Crippen LogP contribution is -2.28. The molecule has 1 amide bonds. The largest absolute Gasteiger partial charge is 0.341 e. The molecule has 0 heterocycles. The molecule has 0 aromatic heterocycles. The SMILES string of the molecule is Cc1ccc(C(=O)N(C)CCCl)cc1. The number of carbonyl (C=O) groups excluding carboxylic acids is 1.